The number of hydrogen-bond acceptors (Lipinski definition) is 5. The van der Waals surface area contributed by atoms with Crippen LogP contribution in [0.2, 0.25) is 5.02 Å². The maximum absolute atomic E-state index is 14.3. The summed E-state index contributed by atoms with van der Waals surface area (Å²) in [5, 5.41) is 6.30. The van der Waals surface area contributed by atoms with Gasteiger partial charge in [0.15, 0.2) is 11.5 Å². The van der Waals surface area contributed by atoms with Gasteiger partial charge in [-0.25, -0.2) is 9.18 Å². The molecular formula is C17H9ClF7N3O3. The summed E-state index contributed by atoms with van der Waals surface area (Å²) in [4.78, 5) is 12.3. The highest BCUT2D eigenvalue weighted by Crippen LogP contribution is 2.42. The molecule has 0 aliphatic carbocycles. The first-order valence-corrected chi connectivity index (χ1v) is 8.45. The number of alkyl halides is 6. The third-order valence-electron chi connectivity index (χ3n) is 3.96. The van der Waals surface area contributed by atoms with E-state index in [4.69, 9.17) is 16.1 Å². The summed E-state index contributed by atoms with van der Waals surface area (Å²) in [7, 11) is 0.879. The Morgan fingerprint density at radius 2 is 1.90 bits per heavy atom. The van der Waals surface area contributed by atoms with Crippen LogP contribution in [0.1, 0.15) is 16.1 Å². The summed E-state index contributed by atoms with van der Waals surface area (Å²) in [5.41, 5.74) is -4.72. The fourth-order valence-corrected chi connectivity index (χ4v) is 3.05. The summed E-state index contributed by atoms with van der Waals surface area (Å²) >= 11 is 5.92. The number of carbonyl (C=O) groups is 1. The van der Waals surface area contributed by atoms with Crippen LogP contribution in [0.25, 0.3) is 22.6 Å². The fraction of sp³-hybridized carbons (Fsp3) is 0.235. The fourth-order valence-electron chi connectivity index (χ4n) is 2.80. The summed E-state index contributed by atoms with van der Waals surface area (Å²) in [6, 6.07) is 3.39. The Morgan fingerprint density at radius 3 is 2.45 bits per heavy atom. The second-order valence-electron chi connectivity index (χ2n) is 6.00. The van der Waals surface area contributed by atoms with E-state index in [1.54, 1.807) is 0 Å². The van der Waals surface area contributed by atoms with Gasteiger partial charge in [-0.3, -0.25) is 4.68 Å². The van der Waals surface area contributed by atoms with Crippen LogP contribution in [0, 0.1) is 5.82 Å². The van der Waals surface area contributed by atoms with Crippen LogP contribution < -0.4 is 0 Å². The van der Waals surface area contributed by atoms with Crippen molar-refractivity contribution in [1.29, 1.82) is 0 Å². The van der Waals surface area contributed by atoms with Gasteiger partial charge >= 0.3 is 18.3 Å². The second-order valence-corrected chi connectivity index (χ2v) is 6.41. The SMILES string of the molecule is COC(=O)c1c(-c2c(F)cccc2Cl)noc1-c1cnn(CC(F)(F)F)c1C(F)(F)F. The van der Waals surface area contributed by atoms with Gasteiger partial charge in [-0.1, -0.05) is 22.8 Å². The summed E-state index contributed by atoms with van der Waals surface area (Å²) < 4.78 is 102. The van der Waals surface area contributed by atoms with E-state index in [0.717, 1.165) is 13.2 Å². The van der Waals surface area contributed by atoms with Crippen molar-refractivity contribution in [2.45, 2.75) is 18.9 Å². The van der Waals surface area contributed by atoms with E-state index in [1.807, 2.05) is 0 Å². The molecule has 31 heavy (non-hydrogen) atoms. The van der Waals surface area contributed by atoms with E-state index in [1.165, 1.54) is 12.1 Å². The molecule has 0 amide bonds. The number of rotatable bonds is 4. The lowest BCUT2D eigenvalue weighted by Crippen LogP contribution is -2.24. The van der Waals surface area contributed by atoms with Gasteiger partial charge in [-0.2, -0.15) is 31.4 Å². The molecule has 0 saturated heterocycles. The Morgan fingerprint density at radius 1 is 1.23 bits per heavy atom. The largest absolute Gasteiger partial charge is 0.465 e. The van der Waals surface area contributed by atoms with Crippen molar-refractivity contribution in [2.24, 2.45) is 0 Å². The van der Waals surface area contributed by atoms with Crippen LogP contribution in [0.4, 0.5) is 30.7 Å². The van der Waals surface area contributed by atoms with Gasteiger partial charge in [0.05, 0.1) is 29.5 Å². The van der Waals surface area contributed by atoms with Crippen molar-refractivity contribution in [2.75, 3.05) is 7.11 Å². The zero-order chi connectivity index (χ0) is 23.1. The van der Waals surface area contributed by atoms with Gasteiger partial charge in [0, 0.05) is 0 Å². The molecule has 0 saturated carbocycles. The molecule has 0 aliphatic heterocycles. The van der Waals surface area contributed by atoms with Crippen molar-refractivity contribution in [3.05, 3.63) is 46.5 Å². The maximum Gasteiger partial charge on any atom is 0.433 e. The van der Waals surface area contributed by atoms with Crippen molar-refractivity contribution in [3.63, 3.8) is 0 Å². The molecule has 0 bridgehead atoms. The monoisotopic (exact) mass is 471 g/mol. The number of halogens is 8. The lowest BCUT2D eigenvalue weighted by atomic mass is 10.0. The summed E-state index contributed by atoms with van der Waals surface area (Å²) in [6.45, 7) is -2.06. The second kappa shape index (κ2) is 7.87. The minimum Gasteiger partial charge on any atom is -0.465 e. The number of aromatic nitrogens is 3. The Bertz CT molecular complexity index is 1110. The molecule has 0 atom stereocenters. The molecule has 1 aromatic carbocycles. The zero-order valence-corrected chi connectivity index (χ0v) is 15.9. The number of benzene rings is 1. The normalized spacial score (nSPS) is 12.3. The van der Waals surface area contributed by atoms with Gasteiger partial charge in [-0.05, 0) is 12.1 Å². The van der Waals surface area contributed by atoms with E-state index in [0.29, 0.717) is 6.20 Å². The number of esters is 1. The molecule has 0 unspecified atom stereocenters. The number of carbonyl (C=O) groups excluding carboxylic acids is 1. The average Bonchev–Trinajstić information content (AvgIpc) is 3.23. The molecule has 3 aromatic rings. The first kappa shape index (κ1) is 22.6. The van der Waals surface area contributed by atoms with Crippen LogP contribution in [-0.4, -0.2) is 34.2 Å². The predicted molar refractivity (Wildman–Crippen MR) is 90.5 cm³/mol. The smallest absolute Gasteiger partial charge is 0.433 e. The number of hydrogen-bond donors (Lipinski definition) is 0. The highest BCUT2D eigenvalue weighted by atomic mass is 35.5. The van der Waals surface area contributed by atoms with Gasteiger partial charge < -0.3 is 9.26 Å². The first-order valence-electron chi connectivity index (χ1n) is 8.07. The molecule has 2 aromatic heterocycles. The Labute approximate surface area is 173 Å². The van der Waals surface area contributed by atoms with E-state index in [-0.39, 0.29) is 9.70 Å². The molecule has 0 radical (unpaired) electrons. The third kappa shape index (κ3) is 4.36. The Balaban J connectivity index is 2.30. The van der Waals surface area contributed by atoms with E-state index >= 15 is 0 Å². The van der Waals surface area contributed by atoms with Crippen LogP contribution in [0.5, 0.6) is 0 Å². The molecule has 0 N–H and O–H groups in total. The molecule has 2 heterocycles. The Hall–Kier alpha value is -3.09. The molecule has 166 valence electrons. The Kier molecular flexibility index (Phi) is 5.74. The van der Waals surface area contributed by atoms with Crippen LogP contribution in [0.3, 0.4) is 0 Å². The first-order chi connectivity index (χ1) is 14.3. The van der Waals surface area contributed by atoms with Gasteiger partial charge in [0.25, 0.3) is 0 Å². The van der Waals surface area contributed by atoms with E-state index < -0.39 is 64.5 Å². The minimum atomic E-state index is -5.33. The minimum absolute atomic E-state index is 0.256. The quantitative estimate of drug-likeness (QED) is 0.378. The molecular weight excluding hydrogens is 463 g/mol. The van der Waals surface area contributed by atoms with Gasteiger partial charge in [-0.15, -0.1) is 0 Å². The summed E-state index contributed by atoms with van der Waals surface area (Å²) in [6.07, 6.45) is -9.93. The predicted octanol–water partition coefficient (Wildman–Crippen LogP) is 5.37. The van der Waals surface area contributed by atoms with Crippen LogP contribution in [0.15, 0.2) is 28.9 Å². The van der Waals surface area contributed by atoms with Crippen molar-refractivity contribution < 1.29 is 44.8 Å². The van der Waals surface area contributed by atoms with Crippen LogP contribution in [-0.2, 0) is 17.5 Å². The average molecular weight is 472 g/mol. The van der Waals surface area contributed by atoms with Crippen molar-refractivity contribution in [1.82, 2.24) is 14.9 Å². The lowest BCUT2D eigenvalue weighted by Gasteiger charge is -2.13. The number of methoxy groups -OCH3 is 1. The molecule has 0 fully saturated rings. The van der Waals surface area contributed by atoms with E-state index in [2.05, 4.69) is 15.0 Å². The molecule has 0 spiro atoms. The van der Waals surface area contributed by atoms with Gasteiger partial charge in [0.1, 0.15) is 23.6 Å². The number of nitrogens with zero attached hydrogens (tertiary/aromatic N) is 3. The third-order valence-corrected chi connectivity index (χ3v) is 4.28. The van der Waals surface area contributed by atoms with E-state index in [9.17, 15) is 35.5 Å². The molecule has 14 heteroatoms. The lowest BCUT2D eigenvalue weighted by molar-refractivity contribution is -0.160. The van der Waals surface area contributed by atoms with Gasteiger partial charge in [0.2, 0.25) is 0 Å². The standard InChI is InChI=1S/C17H9ClF7N3O3/c1-30-15(29)11-12(10-8(18)3-2-4-9(10)19)27-31-13(11)7-5-26-28(6-16(20,21)22)14(7)17(23,24)25/h2-5H,6H2,1H3. The van der Waals surface area contributed by atoms with Crippen molar-refractivity contribution in [3.8, 4) is 22.6 Å². The van der Waals surface area contributed by atoms with Crippen molar-refractivity contribution >= 4 is 17.6 Å². The maximum atomic E-state index is 14.3. The number of ether oxygens (including phenoxy) is 1. The molecule has 3 rings (SSSR count). The summed E-state index contributed by atoms with van der Waals surface area (Å²) in [5.74, 6) is -3.19. The zero-order valence-electron chi connectivity index (χ0n) is 15.1. The molecule has 6 nitrogen and oxygen atoms in total. The molecule has 0 aliphatic rings. The van der Waals surface area contributed by atoms with Crippen LogP contribution >= 0.6 is 11.6 Å². The highest BCUT2D eigenvalue weighted by Gasteiger charge is 2.44. The topological polar surface area (TPSA) is 70.2 Å². The highest BCUT2D eigenvalue weighted by molar-refractivity contribution is 6.33.